The fraction of sp³-hybridized carbons (Fsp3) is 0.600. The maximum absolute atomic E-state index is 13.8. The Kier molecular flexibility index (Phi) is 7.08. The molecule has 1 aromatic carbocycles. The molecule has 0 heterocycles. The van der Waals surface area contributed by atoms with E-state index >= 15 is 0 Å². The SMILES string of the molecule is CCN(CC)CCCC(C)Nc1ccc([N+](=O)[O-])cc1F. The standard InChI is InChI=1S/C15H24FN3O2/c1-4-18(5-2)10-6-7-12(3)17-15-9-8-13(19(20)21)11-14(15)16/h8-9,11-12,17H,4-7,10H2,1-3H3. The topological polar surface area (TPSA) is 58.4 Å². The van der Waals surface area contributed by atoms with E-state index in [-0.39, 0.29) is 11.7 Å². The molecule has 0 radical (unpaired) electrons. The number of anilines is 1. The Morgan fingerprint density at radius 1 is 1.38 bits per heavy atom. The molecular weight excluding hydrogens is 273 g/mol. The Balaban J connectivity index is 2.47. The second-order valence-electron chi connectivity index (χ2n) is 5.14. The third-order valence-electron chi connectivity index (χ3n) is 3.57. The van der Waals surface area contributed by atoms with Crippen LogP contribution in [0.15, 0.2) is 18.2 Å². The fourth-order valence-electron chi connectivity index (χ4n) is 2.23. The van der Waals surface area contributed by atoms with Gasteiger partial charge in [0, 0.05) is 12.1 Å². The summed E-state index contributed by atoms with van der Waals surface area (Å²) in [6.45, 7) is 9.37. The molecule has 21 heavy (non-hydrogen) atoms. The molecule has 0 spiro atoms. The maximum Gasteiger partial charge on any atom is 0.272 e. The van der Waals surface area contributed by atoms with Crippen LogP contribution >= 0.6 is 0 Å². The van der Waals surface area contributed by atoms with E-state index in [4.69, 9.17) is 0 Å². The van der Waals surface area contributed by atoms with Crippen molar-refractivity contribution in [3.63, 3.8) is 0 Å². The zero-order valence-electron chi connectivity index (χ0n) is 12.9. The highest BCUT2D eigenvalue weighted by Crippen LogP contribution is 2.21. The lowest BCUT2D eigenvalue weighted by atomic mass is 10.1. The molecule has 1 N–H and O–H groups in total. The molecule has 0 aliphatic rings. The summed E-state index contributed by atoms with van der Waals surface area (Å²) in [5, 5.41) is 13.6. The quantitative estimate of drug-likeness (QED) is 0.558. The molecule has 0 fully saturated rings. The van der Waals surface area contributed by atoms with Crippen molar-refractivity contribution in [2.24, 2.45) is 0 Å². The maximum atomic E-state index is 13.8. The lowest BCUT2D eigenvalue weighted by Crippen LogP contribution is -2.25. The Bertz CT molecular complexity index is 464. The predicted molar refractivity (Wildman–Crippen MR) is 83.2 cm³/mol. The minimum absolute atomic E-state index is 0.122. The first-order valence-corrected chi connectivity index (χ1v) is 7.40. The van der Waals surface area contributed by atoms with Gasteiger partial charge in [-0.15, -0.1) is 0 Å². The Morgan fingerprint density at radius 2 is 2.05 bits per heavy atom. The lowest BCUT2D eigenvalue weighted by Gasteiger charge is -2.20. The summed E-state index contributed by atoms with van der Waals surface area (Å²) < 4.78 is 13.8. The lowest BCUT2D eigenvalue weighted by molar-refractivity contribution is -0.385. The van der Waals surface area contributed by atoms with Crippen LogP contribution in [0.25, 0.3) is 0 Å². The van der Waals surface area contributed by atoms with Crippen LogP contribution in [0.5, 0.6) is 0 Å². The highest BCUT2D eigenvalue weighted by molar-refractivity contribution is 5.50. The minimum Gasteiger partial charge on any atom is -0.380 e. The van der Waals surface area contributed by atoms with Crippen LogP contribution in [0.4, 0.5) is 15.8 Å². The molecule has 0 aliphatic heterocycles. The van der Waals surface area contributed by atoms with Gasteiger partial charge in [-0.25, -0.2) is 4.39 Å². The summed E-state index contributed by atoms with van der Waals surface area (Å²) in [6, 6.07) is 3.81. The van der Waals surface area contributed by atoms with Crippen LogP contribution in [0.3, 0.4) is 0 Å². The molecule has 0 bridgehead atoms. The number of nitro groups is 1. The Labute approximate surface area is 125 Å². The van der Waals surface area contributed by atoms with Gasteiger partial charge in [0.1, 0.15) is 0 Å². The molecule has 1 aromatic rings. The highest BCUT2D eigenvalue weighted by atomic mass is 19.1. The number of benzene rings is 1. The van der Waals surface area contributed by atoms with Crippen molar-refractivity contribution >= 4 is 11.4 Å². The number of hydrogen-bond acceptors (Lipinski definition) is 4. The summed E-state index contributed by atoms with van der Waals surface area (Å²) in [5.41, 5.74) is 0.0863. The van der Waals surface area contributed by atoms with Crippen molar-refractivity contribution in [2.75, 3.05) is 25.0 Å². The van der Waals surface area contributed by atoms with E-state index in [0.717, 1.165) is 38.5 Å². The van der Waals surface area contributed by atoms with Crippen LogP contribution in [0, 0.1) is 15.9 Å². The monoisotopic (exact) mass is 297 g/mol. The number of halogens is 1. The van der Waals surface area contributed by atoms with Gasteiger partial charge >= 0.3 is 0 Å². The smallest absolute Gasteiger partial charge is 0.272 e. The largest absolute Gasteiger partial charge is 0.380 e. The number of non-ortho nitro benzene ring substituents is 1. The van der Waals surface area contributed by atoms with Gasteiger partial charge in [0.25, 0.3) is 5.69 Å². The van der Waals surface area contributed by atoms with Gasteiger partial charge in [-0.1, -0.05) is 13.8 Å². The first kappa shape index (κ1) is 17.4. The van der Waals surface area contributed by atoms with E-state index in [0.29, 0.717) is 5.69 Å². The Morgan fingerprint density at radius 3 is 2.57 bits per heavy atom. The molecule has 0 saturated heterocycles. The van der Waals surface area contributed by atoms with Crippen molar-refractivity contribution in [1.29, 1.82) is 0 Å². The first-order chi connectivity index (χ1) is 9.97. The van der Waals surface area contributed by atoms with Crippen LogP contribution in [-0.4, -0.2) is 35.5 Å². The molecule has 0 amide bonds. The molecule has 1 unspecified atom stereocenters. The summed E-state index contributed by atoms with van der Waals surface area (Å²) in [6.07, 6.45) is 1.96. The van der Waals surface area contributed by atoms with E-state index in [1.54, 1.807) is 0 Å². The molecular formula is C15H24FN3O2. The third kappa shape index (κ3) is 5.67. The second-order valence-corrected chi connectivity index (χ2v) is 5.14. The van der Waals surface area contributed by atoms with E-state index in [9.17, 15) is 14.5 Å². The summed E-state index contributed by atoms with van der Waals surface area (Å²) in [5.74, 6) is -0.584. The van der Waals surface area contributed by atoms with E-state index in [1.807, 2.05) is 6.92 Å². The van der Waals surface area contributed by atoms with Crippen LogP contribution in [0.2, 0.25) is 0 Å². The molecule has 1 rings (SSSR count). The number of nitrogens with zero attached hydrogens (tertiary/aromatic N) is 2. The van der Waals surface area contributed by atoms with Crippen molar-refractivity contribution in [3.05, 3.63) is 34.1 Å². The first-order valence-electron chi connectivity index (χ1n) is 7.40. The van der Waals surface area contributed by atoms with Gasteiger partial charge in [0.15, 0.2) is 5.82 Å². The van der Waals surface area contributed by atoms with Crippen LogP contribution in [-0.2, 0) is 0 Å². The number of nitrogens with one attached hydrogen (secondary N) is 1. The molecule has 118 valence electrons. The van der Waals surface area contributed by atoms with E-state index in [2.05, 4.69) is 24.1 Å². The molecule has 1 atom stereocenters. The van der Waals surface area contributed by atoms with Crippen LogP contribution in [0.1, 0.15) is 33.6 Å². The van der Waals surface area contributed by atoms with E-state index < -0.39 is 10.7 Å². The number of nitro benzene ring substituents is 1. The Hall–Kier alpha value is -1.69. The van der Waals surface area contributed by atoms with Crippen molar-refractivity contribution in [3.8, 4) is 0 Å². The van der Waals surface area contributed by atoms with Crippen LogP contribution < -0.4 is 5.32 Å². The van der Waals surface area contributed by atoms with Gasteiger partial charge in [-0.3, -0.25) is 10.1 Å². The summed E-state index contributed by atoms with van der Waals surface area (Å²) in [7, 11) is 0. The highest BCUT2D eigenvalue weighted by Gasteiger charge is 2.12. The normalized spacial score (nSPS) is 12.4. The minimum atomic E-state index is -0.597. The predicted octanol–water partition coefficient (Wildman–Crippen LogP) is 3.66. The van der Waals surface area contributed by atoms with Gasteiger partial charge in [-0.05, 0) is 45.5 Å². The third-order valence-corrected chi connectivity index (χ3v) is 3.57. The van der Waals surface area contributed by atoms with Crippen molar-refractivity contribution in [2.45, 2.75) is 39.7 Å². The molecule has 5 nitrogen and oxygen atoms in total. The summed E-state index contributed by atoms with van der Waals surface area (Å²) in [4.78, 5) is 12.3. The molecule has 0 saturated carbocycles. The van der Waals surface area contributed by atoms with Crippen molar-refractivity contribution < 1.29 is 9.31 Å². The number of hydrogen-bond donors (Lipinski definition) is 1. The molecule has 0 aromatic heterocycles. The zero-order valence-corrected chi connectivity index (χ0v) is 12.9. The molecule has 6 heteroatoms. The molecule has 0 aliphatic carbocycles. The zero-order chi connectivity index (χ0) is 15.8. The van der Waals surface area contributed by atoms with Gasteiger partial charge in [-0.2, -0.15) is 0 Å². The summed E-state index contributed by atoms with van der Waals surface area (Å²) >= 11 is 0. The second kappa shape index (κ2) is 8.56. The average molecular weight is 297 g/mol. The fourth-order valence-corrected chi connectivity index (χ4v) is 2.23. The van der Waals surface area contributed by atoms with Gasteiger partial charge < -0.3 is 10.2 Å². The van der Waals surface area contributed by atoms with Gasteiger partial charge in [0.05, 0.1) is 16.7 Å². The van der Waals surface area contributed by atoms with E-state index in [1.165, 1.54) is 12.1 Å². The van der Waals surface area contributed by atoms with Gasteiger partial charge in [0.2, 0.25) is 0 Å². The van der Waals surface area contributed by atoms with Crippen molar-refractivity contribution in [1.82, 2.24) is 4.90 Å². The number of rotatable bonds is 9. The average Bonchev–Trinajstić information content (AvgIpc) is 2.45.